The second-order valence-electron chi connectivity index (χ2n) is 4.84. The van der Waals surface area contributed by atoms with Crippen molar-refractivity contribution >= 4 is 0 Å². The number of rotatable bonds is 2. The van der Waals surface area contributed by atoms with E-state index in [9.17, 15) is 9.50 Å². The van der Waals surface area contributed by atoms with Gasteiger partial charge in [0.25, 0.3) is 0 Å². The fourth-order valence-electron chi connectivity index (χ4n) is 2.28. The van der Waals surface area contributed by atoms with Crippen LogP contribution in [0, 0.1) is 11.7 Å². The van der Waals surface area contributed by atoms with Crippen molar-refractivity contribution < 1.29 is 9.50 Å². The van der Waals surface area contributed by atoms with Gasteiger partial charge in [-0.3, -0.25) is 0 Å². The average Bonchev–Trinajstić information content (AvgIpc) is 2.21. The van der Waals surface area contributed by atoms with E-state index in [1.807, 2.05) is 13.0 Å². The Labute approximate surface area is 95.5 Å². The minimum absolute atomic E-state index is 0.156. The average molecular weight is 223 g/mol. The van der Waals surface area contributed by atoms with Crippen LogP contribution in [0.15, 0.2) is 24.3 Å². The fourth-order valence-corrected chi connectivity index (χ4v) is 2.28. The van der Waals surface area contributed by atoms with Crippen LogP contribution in [0.25, 0.3) is 0 Å². The largest absolute Gasteiger partial charge is 0.390 e. The Morgan fingerprint density at radius 1 is 1.56 bits per heavy atom. The molecule has 1 aromatic rings. The molecule has 2 atom stereocenters. The van der Waals surface area contributed by atoms with E-state index in [0.717, 1.165) is 31.5 Å². The molecule has 1 aliphatic heterocycles. The molecule has 2 rings (SSSR count). The lowest BCUT2D eigenvalue weighted by Crippen LogP contribution is -2.49. The smallest absolute Gasteiger partial charge is 0.123 e. The first kappa shape index (κ1) is 11.6. The second-order valence-corrected chi connectivity index (χ2v) is 4.84. The van der Waals surface area contributed by atoms with E-state index in [4.69, 9.17) is 0 Å². The molecule has 2 N–H and O–H groups in total. The van der Waals surface area contributed by atoms with Crippen LogP contribution in [0.4, 0.5) is 4.39 Å². The minimum atomic E-state index is -0.641. The van der Waals surface area contributed by atoms with E-state index in [1.165, 1.54) is 6.07 Å². The first-order valence-electron chi connectivity index (χ1n) is 5.75. The van der Waals surface area contributed by atoms with Crippen molar-refractivity contribution in [3.63, 3.8) is 0 Å². The van der Waals surface area contributed by atoms with E-state index in [-0.39, 0.29) is 11.7 Å². The molecule has 3 heteroatoms. The van der Waals surface area contributed by atoms with Crippen LogP contribution >= 0.6 is 0 Å². The highest BCUT2D eigenvalue weighted by Gasteiger charge is 2.34. The number of hydrogen-bond donors (Lipinski definition) is 2. The normalized spacial score (nSPS) is 30.3. The highest BCUT2D eigenvalue weighted by atomic mass is 19.1. The summed E-state index contributed by atoms with van der Waals surface area (Å²) in [5.74, 6) is -0.0519. The third-order valence-electron chi connectivity index (χ3n) is 3.45. The SMILES string of the molecule is CC1(O)CCNCC1Cc1cccc(F)c1. The summed E-state index contributed by atoms with van der Waals surface area (Å²) in [6.07, 6.45) is 1.48. The molecule has 1 aliphatic rings. The van der Waals surface area contributed by atoms with Gasteiger partial charge in [0, 0.05) is 12.5 Å². The molecular formula is C13H18FNO. The first-order valence-corrected chi connectivity index (χ1v) is 5.75. The molecule has 16 heavy (non-hydrogen) atoms. The van der Waals surface area contributed by atoms with Gasteiger partial charge < -0.3 is 10.4 Å². The zero-order valence-corrected chi connectivity index (χ0v) is 9.54. The van der Waals surface area contributed by atoms with E-state index in [2.05, 4.69) is 5.32 Å². The van der Waals surface area contributed by atoms with Gasteiger partial charge in [-0.25, -0.2) is 4.39 Å². The van der Waals surface area contributed by atoms with Gasteiger partial charge in [-0.2, -0.15) is 0 Å². The fraction of sp³-hybridized carbons (Fsp3) is 0.538. The van der Waals surface area contributed by atoms with Crippen LogP contribution in [-0.2, 0) is 6.42 Å². The molecule has 0 amide bonds. The van der Waals surface area contributed by atoms with E-state index in [1.54, 1.807) is 12.1 Å². The lowest BCUT2D eigenvalue weighted by Gasteiger charge is -2.37. The summed E-state index contributed by atoms with van der Waals surface area (Å²) in [4.78, 5) is 0. The molecule has 88 valence electrons. The predicted octanol–water partition coefficient (Wildman–Crippen LogP) is 1.73. The lowest BCUT2D eigenvalue weighted by molar-refractivity contribution is -0.0234. The topological polar surface area (TPSA) is 32.3 Å². The predicted molar refractivity (Wildman–Crippen MR) is 61.7 cm³/mol. The molecule has 1 aromatic carbocycles. The van der Waals surface area contributed by atoms with Crippen molar-refractivity contribution in [2.75, 3.05) is 13.1 Å². The molecule has 2 unspecified atom stereocenters. The second kappa shape index (κ2) is 4.52. The maximum Gasteiger partial charge on any atom is 0.123 e. The van der Waals surface area contributed by atoms with Gasteiger partial charge in [-0.05, 0) is 44.0 Å². The van der Waals surface area contributed by atoms with E-state index in [0.29, 0.717) is 0 Å². The van der Waals surface area contributed by atoms with Gasteiger partial charge in [0.05, 0.1) is 5.60 Å². The monoisotopic (exact) mass is 223 g/mol. The van der Waals surface area contributed by atoms with Gasteiger partial charge in [-0.15, -0.1) is 0 Å². The Morgan fingerprint density at radius 2 is 2.38 bits per heavy atom. The van der Waals surface area contributed by atoms with Crippen molar-refractivity contribution in [3.8, 4) is 0 Å². The highest BCUT2D eigenvalue weighted by Crippen LogP contribution is 2.27. The zero-order chi connectivity index (χ0) is 11.6. The Kier molecular flexibility index (Phi) is 3.26. The van der Waals surface area contributed by atoms with Crippen LogP contribution in [0.1, 0.15) is 18.9 Å². The van der Waals surface area contributed by atoms with Gasteiger partial charge in [0.1, 0.15) is 5.82 Å². The van der Waals surface area contributed by atoms with Crippen molar-refractivity contribution in [1.29, 1.82) is 0 Å². The van der Waals surface area contributed by atoms with Crippen LogP contribution < -0.4 is 5.32 Å². The highest BCUT2D eigenvalue weighted by molar-refractivity contribution is 5.17. The molecule has 2 nitrogen and oxygen atoms in total. The van der Waals surface area contributed by atoms with Crippen LogP contribution in [0.3, 0.4) is 0 Å². The molecule has 1 saturated heterocycles. The number of piperidine rings is 1. The summed E-state index contributed by atoms with van der Waals surface area (Å²) < 4.78 is 13.0. The summed E-state index contributed by atoms with van der Waals surface area (Å²) in [6, 6.07) is 6.62. The molecule has 1 heterocycles. The van der Waals surface area contributed by atoms with E-state index < -0.39 is 5.60 Å². The van der Waals surface area contributed by atoms with Gasteiger partial charge in [0.2, 0.25) is 0 Å². The lowest BCUT2D eigenvalue weighted by atomic mass is 9.79. The molecular weight excluding hydrogens is 205 g/mol. The van der Waals surface area contributed by atoms with Crippen LogP contribution in [0.5, 0.6) is 0 Å². The zero-order valence-electron chi connectivity index (χ0n) is 9.54. The standard InChI is InChI=1S/C13H18FNO/c1-13(16)5-6-15-9-11(13)7-10-3-2-4-12(14)8-10/h2-4,8,11,15-16H,5-7,9H2,1H3. The maximum atomic E-state index is 13.0. The summed E-state index contributed by atoms with van der Waals surface area (Å²) in [5.41, 5.74) is 0.311. The minimum Gasteiger partial charge on any atom is -0.390 e. The molecule has 1 fully saturated rings. The molecule has 0 bridgehead atoms. The van der Waals surface area contributed by atoms with Crippen LogP contribution in [0.2, 0.25) is 0 Å². The van der Waals surface area contributed by atoms with Gasteiger partial charge in [0.15, 0.2) is 0 Å². The summed E-state index contributed by atoms with van der Waals surface area (Å²) in [5, 5.41) is 13.5. The summed E-state index contributed by atoms with van der Waals surface area (Å²) in [7, 11) is 0. The number of nitrogens with one attached hydrogen (secondary N) is 1. The Hall–Kier alpha value is -0.930. The van der Waals surface area contributed by atoms with Crippen LogP contribution in [-0.4, -0.2) is 23.8 Å². The summed E-state index contributed by atoms with van der Waals surface area (Å²) in [6.45, 7) is 3.52. The summed E-state index contributed by atoms with van der Waals surface area (Å²) >= 11 is 0. The Balaban J connectivity index is 2.08. The first-order chi connectivity index (χ1) is 7.58. The van der Waals surface area contributed by atoms with Gasteiger partial charge >= 0.3 is 0 Å². The van der Waals surface area contributed by atoms with Crippen molar-refractivity contribution in [2.45, 2.75) is 25.4 Å². The van der Waals surface area contributed by atoms with E-state index >= 15 is 0 Å². The van der Waals surface area contributed by atoms with Gasteiger partial charge in [-0.1, -0.05) is 12.1 Å². The van der Waals surface area contributed by atoms with Crippen molar-refractivity contribution in [2.24, 2.45) is 5.92 Å². The number of benzene rings is 1. The third-order valence-corrected chi connectivity index (χ3v) is 3.45. The Morgan fingerprint density at radius 3 is 3.06 bits per heavy atom. The molecule has 0 aliphatic carbocycles. The molecule has 0 radical (unpaired) electrons. The molecule has 0 spiro atoms. The Bertz CT molecular complexity index is 365. The number of aliphatic hydroxyl groups is 1. The van der Waals surface area contributed by atoms with Crippen molar-refractivity contribution in [1.82, 2.24) is 5.32 Å². The number of hydrogen-bond acceptors (Lipinski definition) is 2. The maximum absolute atomic E-state index is 13.0. The quantitative estimate of drug-likeness (QED) is 0.800. The van der Waals surface area contributed by atoms with Crippen molar-refractivity contribution in [3.05, 3.63) is 35.6 Å². The number of halogens is 1. The molecule has 0 saturated carbocycles. The third kappa shape index (κ3) is 2.60. The molecule has 0 aromatic heterocycles.